The van der Waals surface area contributed by atoms with E-state index in [0.717, 1.165) is 15.9 Å². The highest BCUT2D eigenvalue weighted by Crippen LogP contribution is 2.23. The highest BCUT2D eigenvalue weighted by molar-refractivity contribution is 6.46. The molecule has 4 amide bonds. The molecule has 176 valence electrons. The summed E-state index contributed by atoms with van der Waals surface area (Å²) in [5, 5.41) is 2.38. The van der Waals surface area contributed by atoms with E-state index < -0.39 is 47.3 Å². The van der Waals surface area contributed by atoms with E-state index in [9.17, 15) is 28.4 Å². The highest BCUT2D eigenvalue weighted by atomic mass is 35.5. The Morgan fingerprint density at radius 3 is 2.55 bits per heavy atom. The van der Waals surface area contributed by atoms with Gasteiger partial charge in [0.05, 0.1) is 11.1 Å². The first kappa shape index (κ1) is 24.3. The number of halogens is 2. The largest absolute Gasteiger partial charge is 0.350 e. The van der Waals surface area contributed by atoms with Crippen molar-refractivity contribution in [2.45, 2.75) is 31.5 Å². The number of rotatable bonds is 4. The molecule has 1 aromatic carbocycles. The van der Waals surface area contributed by atoms with Gasteiger partial charge in [-0.2, -0.15) is 0 Å². The molecule has 1 N–H and O–H groups in total. The van der Waals surface area contributed by atoms with E-state index in [4.69, 9.17) is 11.6 Å². The number of nitrogens with one attached hydrogen (secondary N) is 1. The van der Waals surface area contributed by atoms with Crippen LogP contribution in [0.1, 0.15) is 18.4 Å². The Morgan fingerprint density at radius 1 is 1.21 bits per heavy atom. The zero-order chi connectivity index (χ0) is 24.4. The fourth-order valence-corrected chi connectivity index (χ4v) is 3.84. The van der Waals surface area contributed by atoms with Crippen molar-refractivity contribution in [3.05, 3.63) is 34.6 Å². The average Bonchev–Trinajstić information content (AvgIpc) is 2.79. The molecule has 0 radical (unpaired) electrons. The van der Waals surface area contributed by atoms with Crippen molar-refractivity contribution in [2.24, 2.45) is 4.99 Å². The van der Waals surface area contributed by atoms with Crippen LogP contribution in [0.4, 0.5) is 4.39 Å². The standard InChI is InChI=1S/C21H23ClFN5O5/c1-26(2)20(32)21(33)27(3)14-5-4-8-28-17(14)25-15(16(29)19(28)31)18(30)24-10-11-6-7-13(23)12(22)9-11/h6-7,9,14-15H,4-5,8,10H2,1-3H3,(H,24,30)/t14-,15?/m0/s1. The molecule has 1 saturated heterocycles. The number of Topliss-reactive ketones (excluding diaryl/α,β-unsaturated/α-hetero) is 1. The first-order valence-electron chi connectivity index (χ1n) is 10.2. The molecule has 0 aliphatic carbocycles. The molecule has 0 aromatic heterocycles. The maximum Gasteiger partial charge on any atom is 0.312 e. The fourth-order valence-electron chi connectivity index (χ4n) is 3.63. The number of aliphatic imine (C=N–C) groups is 1. The molecule has 2 aliphatic heterocycles. The van der Waals surface area contributed by atoms with Crippen molar-refractivity contribution in [1.82, 2.24) is 20.0 Å². The van der Waals surface area contributed by atoms with Gasteiger partial charge in [0, 0.05) is 34.2 Å². The lowest BCUT2D eigenvalue weighted by Gasteiger charge is -2.40. The number of amidine groups is 1. The number of benzene rings is 1. The summed E-state index contributed by atoms with van der Waals surface area (Å²) in [6, 6.07) is 1.51. The van der Waals surface area contributed by atoms with E-state index in [1.165, 1.54) is 38.2 Å². The normalized spacial score (nSPS) is 20.0. The summed E-state index contributed by atoms with van der Waals surface area (Å²) in [7, 11) is 4.29. The maximum absolute atomic E-state index is 13.3. The smallest absolute Gasteiger partial charge is 0.312 e. The molecule has 2 atom stereocenters. The molecule has 3 rings (SSSR count). The van der Waals surface area contributed by atoms with Crippen LogP contribution in [0.3, 0.4) is 0 Å². The zero-order valence-corrected chi connectivity index (χ0v) is 19.1. The molecule has 12 heteroatoms. The molecule has 1 unspecified atom stereocenters. The Morgan fingerprint density at radius 2 is 1.91 bits per heavy atom. The number of hydrogen-bond acceptors (Lipinski definition) is 6. The summed E-state index contributed by atoms with van der Waals surface area (Å²) < 4.78 is 13.3. The van der Waals surface area contributed by atoms with Crippen molar-refractivity contribution in [3.63, 3.8) is 0 Å². The third-order valence-corrected chi connectivity index (χ3v) is 5.77. The number of carbonyl (C=O) groups excluding carboxylic acids is 5. The first-order chi connectivity index (χ1) is 15.5. The van der Waals surface area contributed by atoms with Crippen LogP contribution in [-0.4, -0.2) is 89.7 Å². The SMILES string of the molecule is CN(C)C(=O)C(=O)N(C)[C@H]1CCCN2C(=O)C(=O)C(C(=O)NCc3ccc(F)c(Cl)c3)N=C12. The second-order valence-corrected chi connectivity index (χ2v) is 8.36. The minimum atomic E-state index is -1.63. The van der Waals surface area contributed by atoms with Gasteiger partial charge < -0.3 is 15.1 Å². The summed E-state index contributed by atoms with van der Waals surface area (Å²) in [6.07, 6.45) is 0.890. The van der Waals surface area contributed by atoms with Crippen molar-refractivity contribution in [3.8, 4) is 0 Å². The van der Waals surface area contributed by atoms with Crippen LogP contribution in [0, 0.1) is 5.82 Å². The van der Waals surface area contributed by atoms with Crippen LogP contribution in [0.5, 0.6) is 0 Å². The van der Waals surface area contributed by atoms with E-state index in [2.05, 4.69) is 10.3 Å². The van der Waals surface area contributed by atoms with Gasteiger partial charge in [-0.3, -0.25) is 28.9 Å². The molecule has 33 heavy (non-hydrogen) atoms. The predicted molar refractivity (Wildman–Crippen MR) is 116 cm³/mol. The summed E-state index contributed by atoms with van der Waals surface area (Å²) in [4.78, 5) is 70.3. The topological polar surface area (TPSA) is 119 Å². The van der Waals surface area contributed by atoms with E-state index in [0.29, 0.717) is 18.4 Å². The van der Waals surface area contributed by atoms with Gasteiger partial charge in [-0.05, 0) is 30.5 Å². The summed E-state index contributed by atoms with van der Waals surface area (Å²) in [5.41, 5.74) is 0.488. The van der Waals surface area contributed by atoms with E-state index in [1.807, 2.05) is 0 Å². The van der Waals surface area contributed by atoms with Gasteiger partial charge >= 0.3 is 11.8 Å². The Bertz CT molecular complexity index is 1060. The van der Waals surface area contributed by atoms with Crippen LogP contribution in [0.15, 0.2) is 23.2 Å². The molecule has 10 nitrogen and oxygen atoms in total. The van der Waals surface area contributed by atoms with Gasteiger partial charge in [-0.15, -0.1) is 0 Å². The van der Waals surface area contributed by atoms with Gasteiger partial charge in [0.1, 0.15) is 11.7 Å². The molecular weight excluding hydrogens is 457 g/mol. The fraction of sp³-hybridized carbons (Fsp3) is 0.429. The number of likely N-dealkylation sites (N-methyl/N-ethyl adjacent to an activating group) is 2. The number of nitrogens with zero attached hydrogens (tertiary/aromatic N) is 4. The summed E-state index contributed by atoms with van der Waals surface area (Å²) >= 11 is 5.74. The Kier molecular flexibility index (Phi) is 7.11. The van der Waals surface area contributed by atoms with Gasteiger partial charge in [-0.1, -0.05) is 17.7 Å². The Hall–Kier alpha value is -3.34. The number of fused-ring (bicyclic) bond motifs is 1. The second kappa shape index (κ2) is 9.65. The quantitative estimate of drug-likeness (QED) is 0.481. The van der Waals surface area contributed by atoms with Crippen molar-refractivity contribution >= 4 is 46.8 Å². The molecule has 1 fully saturated rings. The minimum absolute atomic E-state index is 0.0650. The molecule has 2 aliphatic rings. The molecule has 0 saturated carbocycles. The number of piperidine rings is 1. The van der Waals surface area contributed by atoms with E-state index in [-0.39, 0.29) is 23.9 Å². The number of hydrogen-bond donors (Lipinski definition) is 1. The molecule has 2 heterocycles. The minimum Gasteiger partial charge on any atom is -0.350 e. The summed E-state index contributed by atoms with van der Waals surface area (Å²) in [6.45, 7) is 0.149. The molecule has 1 aromatic rings. The molecule has 0 bridgehead atoms. The lowest BCUT2D eigenvalue weighted by atomic mass is 9.98. The van der Waals surface area contributed by atoms with Crippen LogP contribution in [-0.2, 0) is 30.5 Å². The Balaban J connectivity index is 1.83. The van der Waals surface area contributed by atoms with Crippen molar-refractivity contribution < 1.29 is 28.4 Å². The lowest BCUT2D eigenvalue weighted by molar-refractivity contribution is -0.151. The van der Waals surface area contributed by atoms with Gasteiger partial charge in [0.2, 0.25) is 0 Å². The lowest BCUT2D eigenvalue weighted by Crippen LogP contribution is -2.62. The third-order valence-electron chi connectivity index (χ3n) is 5.48. The third kappa shape index (κ3) is 4.87. The van der Waals surface area contributed by atoms with E-state index >= 15 is 0 Å². The zero-order valence-electron chi connectivity index (χ0n) is 18.3. The Labute approximate surface area is 194 Å². The number of ketones is 1. The molecule has 0 spiro atoms. The maximum atomic E-state index is 13.3. The number of carbonyl (C=O) groups is 5. The van der Waals surface area contributed by atoms with Gasteiger partial charge in [0.25, 0.3) is 17.6 Å². The van der Waals surface area contributed by atoms with Crippen LogP contribution in [0.2, 0.25) is 5.02 Å². The summed E-state index contributed by atoms with van der Waals surface area (Å²) in [5.74, 6) is -4.77. The average molecular weight is 480 g/mol. The van der Waals surface area contributed by atoms with Crippen molar-refractivity contribution in [2.75, 3.05) is 27.7 Å². The van der Waals surface area contributed by atoms with Gasteiger partial charge in [-0.25, -0.2) is 9.38 Å². The first-order valence-corrected chi connectivity index (χ1v) is 10.5. The van der Waals surface area contributed by atoms with Crippen molar-refractivity contribution in [1.29, 1.82) is 0 Å². The number of amides is 4. The van der Waals surface area contributed by atoms with Crippen LogP contribution >= 0.6 is 11.6 Å². The van der Waals surface area contributed by atoms with Crippen LogP contribution in [0.25, 0.3) is 0 Å². The van der Waals surface area contributed by atoms with Crippen LogP contribution < -0.4 is 5.32 Å². The highest BCUT2D eigenvalue weighted by Gasteiger charge is 2.46. The predicted octanol–water partition coefficient (Wildman–Crippen LogP) is -0.0173. The van der Waals surface area contributed by atoms with Gasteiger partial charge in [0.15, 0.2) is 6.04 Å². The molecular formula is C21H23ClFN5O5. The second-order valence-electron chi connectivity index (χ2n) is 7.95. The monoisotopic (exact) mass is 479 g/mol. The van der Waals surface area contributed by atoms with E-state index in [1.54, 1.807) is 0 Å².